The van der Waals surface area contributed by atoms with Crippen LogP contribution in [0.2, 0.25) is 0 Å². The molecule has 1 amide bonds. The molecular formula is C17H19N3O. The van der Waals surface area contributed by atoms with E-state index in [0.29, 0.717) is 0 Å². The number of pyridine rings is 1. The van der Waals surface area contributed by atoms with Crippen LogP contribution in [-0.2, 0) is 4.79 Å². The highest BCUT2D eigenvalue weighted by atomic mass is 16.1. The van der Waals surface area contributed by atoms with Crippen molar-refractivity contribution >= 4 is 17.9 Å². The SMILES string of the molecule is CN(c1ccccc1)c1ncccc1[C@H]1CCCN1C=O. The predicted octanol–water partition coefficient (Wildman–Crippen LogP) is 3.14. The summed E-state index contributed by atoms with van der Waals surface area (Å²) in [6.45, 7) is 0.831. The quantitative estimate of drug-likeness (QED) is 0.808. The van der Waals surface area contributed by atoms with Crippen LogP contribution in [0.5, 0.6) is 0 Å². The van der Waals surface area contributed by atoms with E-state index in [2.05, 4.69) is 28.1 Å². The summed E-state index contributed by atoms with van der Waals surface area (Å²) < 4.78 is 0. The molecule has 1 aliphatic rings. The first-order valence-corrected chi connectivity index (χ1v) is 7.26. The van der Waals surface area contributed by atoms with Crippen molar-refractivity contribution < 1.29 is 4.79 Å². The van der Waals surface area contributed by atoms with Crippen LogP contribution >= 0.6 is 0 Å². The molecule has 108 valence electrons. The lowest BCUT2D eigenvalue weighted by molar-refractivity contribution is -0.118. The fourth-order valence-electron chi connectivity index (χ4n) is 2.97. The number of nitrogens with zero attached hydrogens (tertiary/aromatic N) is 3. The highest BCUT2D eigenvalue weighted by Gasteiger charge is 2.28. The highest BCUT2D eigenvalue weighted by Crippen LogP contribution is 2.36. The van der Waals surface area contributed by atoms with Crippen LogP contribution in [0.3, 0.4) is 0 Å². The molecule has 0 bridgehead atoms. The Balaban J connectivity index is 1.98. The van der Waals surface area contributed by atoms with Crippen molar-refractivity contribution in [2.45, 2.75) is 18.9 Å². The summed E-state index contributed by atoms with van der Waals surface area (Å²) in [7, 11) is 2.02. The van der Waals surface area contributed by atoms with E-state index in [-0.39, 0.29) is 6.04 Å². The van der Waals surface area contributed by atoms with Gasteiger partial charge in [-0.15, -0.1) is 0 Å². The number of amides is 1. The highest BCUT2D eigenvalue weighted by molar-refractivity contribution is 5.63. The average Bonchev–Trinajstić information content (AvgIpc) is 3.03. The van der Waals surface area contributed by atoms with Gasteiger partial charge in [0, 0.05) is 31.0 Å². The zero-order valence-electron chi connectivity index (χ0n) is 12.1. The van der Waals surface area contributed by atoms with Crippen LogP contribution in [-0.4, -0.2) is 29.9 Å². The fraction of sp³-hybridized carbons (Fsp3) is 0.294. The first-order chi connectivity index (χ1) is 10.3. The van der Waals surface area contributed by atoms with Gasteiger partial charge in [0.1, 0.15) is 5.82 Å². The molecule has 4 heteroatoms. The van der Waals surface area contributed by atoms with E-state index in [9.17, 15) is 4.79 Å². The summed E-state index contributed by atoms with van der Waals surface area (Å²) >= 11 is 0. The molecule has 1 aromatic heterocycles. The first-order valence-electron chi connectivity index (χ1n) is 7.26. The van der Waals surface area contributed by atoms with Crippen molar-refractivity contribution in [2.75, 3.05) is 18.5 Å². The lowest BCUT2D eigenvalue weighted by Crippen LogP contribution is -2.23. The molecule has 0 N–H and O–H groups in total. The molecule has 1 saturated heterocycles. The van der Waals surface area contributed by atoms with Crippen LogP contribution in [0.15, 0.2) is 48.7 Å². The van der Waals surface area contributed by atoms with Crippen LogP contribution < -0.4 is 4.90 Å². The number of likely N-dealkylation sites (tertiary alicyclic amines) is 1. The maximum atomic E-state index is 11.2. The number of carbonyl (C=O) groups is 1. The third-order valence-corrected chi connectivity index (χ3v) is 4.07. The van der Waals surface area contributed by atoms with Gasteiger partial charge in [-0.2, -0.15) is 0 Å². The minimum absolute atomic E-state index is 0.136. The van der Waals surface area contributed by atoms with Crippen LogP contribution in [0, 0.1) is 0 Å². The lowest BCUT2D eigenvalue weighted by Gasteiger charge is -2.26. The third-order valence-electron chi connectivity index (χ3n) is 4.07. The van der Waals surface area contributed by atoms with E-state index in [1.807, 2.05) is 36.2 Å². The Morgan fingerprint density at radius 3 is 2.81 bits per heavy atom. The standard InChI is InChI=1S/C17H19N3O/c1-19(14-7-3-2-4-8-14)17-15(9-5-11-18-17)16-10-6-12-20(16)13-21/h2-5,7-9,11,13,16H,6,10,12H2,1H3/t16-/m1/s1. The van der Waals surface area contributed by atoms with E-state index in [1.54, 1.807) is 6.20 Å². The van der Waals surface area contributed by atoms with Gasteiger partial charge >= 0.3 is 0 Å². The number of hydrogen-bond acceptors (Lipinski definition) is 3. The van der Waals surface area contributed by atoms with Gasteiger partial charge in [-0.1, -0.05) is 24.3 Å². The van der Waals surface area contributed by atoms with Crippen molar-refractivity contribution in [3.63, 3.8) is 0 Å². The van der Waals surface area contributed by atoms with Crippen LogP contribution in [0.25, 0.3) is 0 Å². The second kappa shape index (κ2) is 5.95. The van der Waals surface area contributed by atoms with Crippen LogP contribution in [0.1, 0.15) is 24.4 Å². The average molecular weight is 281 g/mol. The number of carbonyl (C=O) groups excluding carboxylic acids is 1. The van der Waals surface area contributed by atoms with E-state index >= 15 is 0 Å². The lowest BCUT2D eigenvalue weighted by atomic mass is 10.0. The number of rotatable bonds is 4. The smallest absolute Gasteiger partial charge is 0.210 e. The summed E-state index contributed by atoms with van der Waals surface area (Å²) in [6, 6.07) is 14.3. The monoisotopic (exact) mass is 281 g/mol. The van der Waals surface area contributed by atoms with Gasteiger partial charge in [0.05, 0.1) is 6.04 Å². The Labute approximate surface area is 125 Å². The predicted molar refractivity (Wildman–Crippen MR) is 83.5 cm³/mol. The first kappa shape index (κ1) is 13.6. The van der Waals surface area contributed by atoms with Crippen molar-refractivity contribution in [3.05, 3.63) is 54.2 Å². The van der Waals surface area contributed by atoms with Gasteiger partial charge in [-0.3, -0.25) is 4.79 Å². The number of hydrogen-bond donors (Lipinski definition) is 0. The summed E-state index contributed by atoms with van der Waals surface area (Å²) in [5.74, 6) is 0.919. The Morgan fingerprint density at radius 1 is 1.24 bits per heavy atom. The molecule has 0 radical (unpaired) electrons. The number of aromatic nitrogens is 1. The van der Waals surface area contributed by atoms with E-state index < -0.39 is 0 Å². The molecule has 2 aromatic rings. The number of para-hydroxylation sites is 1. The molecule has 4 nitrogen and oxygen atoms in total. The van der Waals surface area contributed by atoms with Gasteiger partial charge in [0.15, 0.2) is 0 Å². The summed E-state index contributed by atoms with van der Waals surface area (Å²) in [5, 5.41) is 0. The summed E-state index contributed by atoms with van der Waals surface area (Å²) in [5.41, 5.74) is 2.21. The molecule has 0 spiro atoms. The van der Waals surface area contributed by atoms with Crippen molar-refractivity contribution in [1.29, 1.82) is 0 Å². The Bertz CT molecular complexity index is 614. The second-order valence-electron chi connectivity index (χ2n) is 5.31. The summed E-state index contributed by atoms with van der Waals surface area (Å²) in [6.07, 6.45) is 4.81. The minimum Gasteiger partial charge on any atom is -0.338 e. The molecule has 1 aliphatic heterocycles. The van der Waals surface area contributed by atoms with Crippen LogP contribution in [0.4, 0.5) is 11.5 Å². The minimum atomic E-state index is 0.136. The second-order valence-corrected chi connectivity index (χ2v) is 5.31. The van der Waals surface area contributed by atoms with E-state index in [4.69, 9.17) is 0 Å². The number of benzene rings is 1. The van der Waals surface area contributed by atoms with Crippen molar-refractivity contribution in [1.82, 2.24) is 9.88 Å². The Kier molecular flexibility index (Phi) is 3.86. The fourth-order valence-corrected chi connectivity index (χ4v) is 2.97. The summed E-state index contributed by atoms with van der Waals surface area (Å²) in [4.78, 5) is 19.7. The molecule has 0 unspecified atom stereocenters. The zero-order valence-corrected chi connectivity index (χ0v) is 12.1. The molecule has 1 fully saturated rings. The molecular weight excluding hydrogens is 262 g/mol. The molecule has 1 atom stereocenters. The van der Waals surface area contributed by atoms with Gasteiger partial charge in [0.2, 0.25) is 6.41 Å². The maximum absolute atomic E-state index is 11.2. The van der Waals surface area contributed by atoms with Gasteiger partial charge in [-0.05, 0) is 31.0 Å². The van der Waals surface area contributed by atoms with Crippen molar-refractivity contribution in [2.24, 2.45) is 0 Å². The zero-order chi connectivity index (χ0) is 14.7. The molecule has 21 heavy (non-hydrogen) atoms. The molecule has 0 saturated carbocycles. The molecule has 3 rings (SSSR count). The third kappa shape index (κ3) is 2.61. The normalized spacial score (nSPS) is 17.8. The molecule has 2 heterocycles. The van der Waals surface area contributed by atoms with Crippen molar-refractivity contribution in [3.8, 4) is 0 Å². The van der Waals surface area contributed by atoms with E-state index in [1.165, 1.54) is 0 Å². The molecule has 0 aliphatic carbocycles. The Hall–Kier alpha value is -2.36. The topological polar surface area (TPSA) is 36.4 Å². The Morgan fingerprint density at radius 2 is 2.05 bits per heavy atom. The van der Waals surface area contributed by atoms with E-state index in [0.717, 1.165) is 42.9 Å². The number of anilines is 2. The maximum Gasteiger partial charge on any atom is 0.210 e. The van der Waals surface area contributed by atoms with Gasteiger partial charge in [-0.25, -0.2) is 4.98 Å². The van der Waals surface area contributed by atoms with Gasteiger partial charge < -0.3 is 9.80 Å². The largest absolute Gasteiger partial charge is 0.338 e. The van der Waals surface area contributed by atoms with Gasteiger partial charge in [0.25, 0.3) is 0 Å². The molecule has 1 aromatic carbocycles.